The van der Waals surface area contributed by atoms with Gasteiger partial charge in [-0.15, -0.1) is 0 Å². The molecule has 1 heterocycles. The lowest BCUT2D eigenvalue weighted by Gasteiger charge is -2.33. The highest BCUT2D eigenvalue weighted by Gasteiger charge is 2.29. The van der Waals surface area contributed by atoms with Crippen LogP contribution in [0.25, 0.3) is 0 Å². The fourth-order valence-corrected chi connectivity index (χ4v) is 5.70. The molecular weight excluding hydrogens is 504 g/mol. The summed E-state index contributed by atoms with van der Waals surface area (Å²) in [7, 11) is 0. The molecular formula is C37H54N2O2. The molecule has 1 unspecified atom stereocenters. The Balaban J connectivity index is 1.46. The van der Waals surface area contributed by atoms with Gasteiger partial charge in [-0.1, -0.05) is 120 Å². The molecule has 0 saturated carbocycles. The molecule has 2 aromatic carbocycles. The Morgan fingerprint density at radius 3 is 2.22 bits per heavy atom. The first kappa shape index (κ1) is 32.6. The Morgan fingerprint density at radius 2 is 1.56 bits per heavy atom. The zero-order valence-corrected chi connectivity index (χ0v) is 26.3. The van der Waals surface area contributed by atoms with Gasteiger partial charge < -0.3 is 9.64 Å². The molecule has 0 aliphatic carbocycles. The maximum Gasteiger partial charge on any atom is 0.224 e. The summed E-state index contributed by atoms with van der Waals surface area (Å²) in [5.41, 5.74) is 4.51. The van der Waals surface area contributed by atoms with Crippen LogP contribution in [0.4, 0.5) is 5.69 Å². The van der Waals surface area contributed by atoms with Crippen molar-refractivity contribution in [2.24, 2.45) is 10.4 Å². The lowest BCUT2D eigenvalue weighted by molar-refractivity contribution is -0.116. The van der Waals surface area contributed by atoms with Crippen LogP contribution in [0.5, 0.6) is 5.75 Å². The molecule has 0 radical (unpaired) electrons. The number of dihydropyridines is 1. The molecule has 0 saturated heterocycles. The highest BCUT2D eigenvalue weighted by molar-refractivity contribution is 5.92. The summed E-state index contributed by atoms with van der Waals surface area (Å²) in [6.45, 7) is 10.4. The van der Waals surface area contributed by atoms with Gasteiger partial charge in [-0.2, -0.15) is 0 Å². The molecule has 0 N–H and O–H groups in total. The highest BCUT2D eigenvalue weighted by Crippen LogP contribution is 2.36. The van der Waals surface area contributed by atoms with Gasteiger partial charge in [-0.25, -0.2) is 0 Å². The van der Waals surface area contributed by atoms with Crippen LogP contribution in [0.15, 0.2) is 65.2 Å². The number of carbonyl (C=O) groups excluding carboxylic acids is 1. The second-order valence-electron chi connectivity index (χ2n) is 12.2. The Kier molecular flexibility index (Phi) is 14.2. The summed E-state index contributed by atoms with van der Waals surface area (Å²) in [6, 6.07) is 16.5. The van der Waals surface area contributed by atoms with Crippen LogP contribution in [-0.2, 0) is 17.8 Å². The van der Waals surface area contributed by atoms with E-state index in [9.17, 15) is 4.79 Å². The van der Waals surface area contributed by atoms with Crippen LogP contribution < -0.4 is 9.64 Å². The largest absolute Gasteiger partial charge is 0.494 e. The van der Waals surface area contributed by atoms with Gasteiger partial charge in [0.1, 0.15) is 5.75 Å². The molecule has 1 atom stereocenters. The summed E-state index contributed by atoms with van der Waals surface area (Å²) in [5, 5.41) is 0. The number of amides is 1. The average Bonchev–Trinajstić information content (AvgIpc) is 2.96. The molecule has 1 amide bonds. The second kappa shape index (κ2) is 17.8. The highest BCUT2D eigenvalue weighted by atomic mass is 16.5. The number of nitrogens with zero attached hydrogens (tertiary/aromatic N) is 2. The monoisotopic (exact) mass is 558 g/mol. The predicted octanol–water partition coefficient (Wildman–Crippen LogP) is 9.90. The van der Waals surface area contributed by atoms with E-state index in [1.165, 1.54) is 81.8 Å². The first-order valence-corrected chi connectivity index (χ1v) is 16.2. The van der Waals surface area contributed by atoms with Crippen molar-refractivity contribution in [3.05, 3.63) is 71.3 Å². The van der Waals surface area contributed by atoms with E-state index in [-0.39, 0.29) is 11.3 Å². The molecule has 3 rings (SSSR count). The number of ether oxygens (including phenoxy) is 1. The van der Waals surface area contributed by atoms with Crippen LogP contribution in [-0.4, -0.2) is 25.3 Å². The first-order chi connectivity index (χ1) is 19.9. The average molecular weight is 559 g/mol. The minimum atomic E-state index is -0.0467. The van der Waals surface area contributed by atoms with Crippen molar-refractivity contribution in [1.29, 1.82) is 0 Å². The minimum Gasteiger partial charge on any atom is -0.494 e. The number of carbonyl (C=O) groups is 1. The van der Waals surface area contributed by atoms with Crippen molar-refractivity contribution >= 4 is 17.8 Å². The number of anilines is 1. The number of aliphatic imine (C=N–C) groups is 1. The quantitative estimate of drug-likeness (QED) is 0.161. The Bertz CT molecular complexity index is 1120. The number of benzene rings is 2. The number of para-hydroxylation sites is 1. The maximum atomic E-state index is 12.9. The summed E-state index contributed by atoms with van der Waals surface area (Å²) in [4.78, 5) is 19.3. The van der Waals surface area contributed by atoms with Gasteiger partial charge in [0.15, 0.2) is 0 Å². The van der Waals surface area contributed by atoms with Crippen molar-refractivity contribution in [2.75, 3.05) is 18.1 Å². The summed E-state index contributed by atoms with van der Waals surface area (Å²) < 4.78 is 6.11. The normalized spacial score (nSPS) is 16.4. The first-order valence-electron chi connectivity index (χ1n) is 16.2. The van der Waals surface area contributed by atoms with Crippen molar-refractivity contribution in [2.45, 2.75) is 118 Å². The van der Waals surface area contributed by atoms with E-state index in [0.29, 0.717) is 6.54 Å². The fraction of sp³-hybridized carbons (Fsp3) is 0.568. The number of rotatable bonds is 19. The molecule has 41 heavy (non-hydrogen) atoms. The van der Waals surface area contributed by atoms with Crippen molar-refractivity contribution in [1.82, 2.24) is 0 Å². The topological polar surface area (TPSA) is 41.9 Å². The van der Waals surface area contributed by atoms with E-state index >= 15 is 0 Å². The smallest absolute Gasteiger partial charge is 0.224 e. The third kappa shape index (κ3) is 11.1. The van der Waals surface area contributed by atoms with Gasteiger partial charge in [0.25, 0.3) is 0 Å². The molecule has 0 aromatic heterocycles. The third-order valence-corrected chi connectivity index (χ3v) is 8.57. The number of hydrogen-bond donors (Lipinski definition) is 0. The zero-order chi connectivity index (χ0) is 29.3. The number of allylic oxidation sites excluding steroid dienone is 1. The molecule has 2 aromatic rings. The Hall–Kier alpha value is -2.88. The predicted molar refractivity (Wildman–Crippen MR) is 175 cm³/mol. The van der Waals surface area contributed by atoms with Crippen LogP contribution >= 0.6 is 0 Å². The standard InChI is InChI=1S/C37H54N2O2/c1-5-6-7-8-9-10-11-12-13-14-15-18-26-41-35-22-19-20-33(27-35)29-39(32(3)40)36-23-17-16-21-34(36)28-37(4)30-38-25-24-31(37)2/h16-17,19-25,27H,5-15,18,26,28-30H2,1-4H3. The summed E-state index contributed by atoms with van der Waals surface area (Å²) in [6.07, 6.45) is 20.9. The van der Waals surface area contributed by atoms with Gasteiger partial charge in [0, 0.05) is 30.8 Å². The minimum absolute atomic E-state index is 0.0411. The SMILES string of the molecule is CCCCCCCCCCCCCCOc1cccc(CN(C(C)=O)c2ccccc2CC2(C)CN=CC=C2C)c1. The van der Waals surface area contributed by atoms with Crippen molar-refractivity contribution in [3.8, 4) is 5.75 Å². The Morgan fingerprint density at radius 1 is 0.902 bits per heavy atom. The third-order valence-electron chi connectivity index (χ3n) is 8.57. The molecule has 1 aliphatic heterocycles. The molecule has 0 fully saturated rings. The van der Waals surface area contributed by atoms with Crippen LogP contribution in [0.1, 0.15) is 116 Å². The Labute approximate surface area is 250 Å². The fourth-order valence-electron chi connectivity index (χ4n) is 5.70. The number of unbranched alkanes of at least 4 members (excludes halogenated alkanes) is 11. The lowest BCUT2D eigenvalue weighted by atomic mass is 9.76. The van der Waals surface area contributed by atoms with Gasteiger partial charge in [0.2, 0.25) is 5.91 Å². The zero-order valence-electron chi connectivity index (χ0n) is 26.3. The summed E-state index contributed by atoms with van der Waals surface area (Å²) in [5.74, 6) is 0.926. The van der Waals surface area contributed by atoms with Gasteiger partial charge in [-0.3, -0.25) is 9.79 Å². The molecule has 1 aliphatic rings. The van der Waals surface area contributed by atoms with E-state index in [2.05, 4.69) is 62.2 Å². The van der Waals surface area contributed by atoms with Crippen LogP contribution in [0, 0.1) is 5.41 Å². The summed E-state index contributed by atoms with van der Waals surface area (Å²) >= 11 is 0. The van der Waals surface area contributed by atoms with E-state index in [4.69, 9.17) is 4.74 Å². The van der Waals surface area contributed by atoms with Gasteiger partial charge in [-0.05, 0) is 55.2 Å². The van der Waals surface area contributed by atoms with Crippen LogP contribution in [0.2, 0.25) is 0 Å². The van der Waals surface area contributed by atoms with Crippen molar-refractivity contribution < 1.29 is 9.53 Å². The molecule has 224 valence electrons. The van der Waals surface area contributed by atoms with Gasteiger partial charge >= 0.3 is 0 Å². The second-order valence-corrected chi connectivity index (χ2v) is 12.2. The number of hydrogen-bond acceptors (Lipinski definition) is 3. The van der Waals surface area contributed by atoms with Gasteiger partial charge in [0.05, 0.1) is 13.2 Å². The van der Waals surface area contributed by atoms with E-state index in [1.807, 2.05) is 29.3 Å². The maximum absolute atomic E-state index is 12.9. The molecule has 4 nitrogen and oxygen atoms in total. The van der Waals surface area contributed by atoms with Crippen LogP contribution in [0.3, 0.4) is 0 Å². The molecule has 4 heteroatoms. The van der Waals surface area contributed by atoms with E-state index in [1.54, 1.807) is 6.92 Å². The lowest BCUT2D eigenvalue weighted by Crippen LogP contribution is -2.31. The van der Waals surface area contributed by atoms with E-state index in [0.717, 1.165) is 43.0 Å². The van der Waals surface area contributed by atoms with Crippen molar-refractivity contribution in [3.63, 3.8) is 0 Å². The molecule has 0 spiro atoms. The van der Waals surface area contributed by atoms with E-state index < -0.39 is 0 Å². The molecule has 0 bridgehead atoms.